The van der Waals surface area contributed by atoms with Gasteiger partial charge in [-0.15, -0.1) is 24.8 Å². The molecular weight excluding hydrogens is 347 g/mol. The molecule has 0 bridgehead atoms. The number of amides is 1. The predicted molar refractivity (Wildman–Crippen MR) is 102 cm³/mol. The molecule has 24 heavy (non-hydrogen) atoms. The molecule has 3 N–H and O–H groups in total. The zero-order chi connectivity index (χ0) is 15.4. The van der Waals surface area contributed by atoms with Gasteiger partial charge in [-0.3, -0.25) is 4.79 Å². The van der Waals surface area contributed by atoms with Gasteiger partial charge in [-0.05, 0) is 43.7 Å². The van der Waals surface area contributed by atoms with Crippen LogP contribution >= 0.6 is 24.8 Å². The Morgan fingerprint density at radius 1 is 1.21 bits per heavy atom. The third-order valence-corrected chi connectivity index (χ3v) is 4.70. The van der Waals surface area contributed by atoms with Gasteiger partial charge in [0, 0.05) is 31.9 Å². The highest BCUT2D eigenvalue weighted by Crippen LogP contribution is 2.32. The molecule has 2 fully saturated rings. The fourth-order valence-electron chi connectivity index (χ4n) is 3.13. The van der Waals surface area contributed by atoms with E-state index in [0.717, 1.165) is 18.9 Å². The van der Waals surface area contributed by atoms with Crippen molar-refractivity contribution in [1.82, 2.24) is 10.3 Å². The third kappa shape index (κ3) is 5.50. The van der Waals surface area contributed by atoms with Crippen molar-refractivity contribution in [2.24, 2.45) is 11.7 Å². The number of nitrogens with two attached hydrogens (primary N) is 1. The Hall–Kier alpha value is -1.04. The molecule has 1 amide bonds. The highest BCUT2D eigenvalue weighted by Gasteiger charge is 2.31. The molecule has 1 aliphatic heterocycles. The third-order valence-electron chi connectivity index (χ3n) is 4.70. The average Bonchev–Trinajstić information content (AvgIpc) is 3.39. The number of nitrogens with zero attached hydrogens (tertiary/aromatic N) is 2. The standard InChI is InChI=1S/C17H26N4O.2ClH/c18-11-15(13-5-6-13)20-17(22)14-7-8-16(19-12-14)21-9-3-1-2-4-10-21;;/h7-8,12-13,15H,1-6,9-11,18H2,(H,20,22);2*1H. The maximum absolute atomic E-state index is 12.3. The highest BCUT2D eigenvalue weighted by atomic mass is 35.5. The number of rotatable bonds is 5. The van der Waals surface area contributed by atoms with Gasteiger partial charge in [0.25, 0.3) is 5.91 Å². The normalized spacial score (nSPS) is 18.6. The molecule has 0 spiro atoms. The molecule has 0 radical (unpaired) electrons. The van der Waals surface area contributed by atoms with E-state index in [-0.39, 0.29) is 36.8 Å². The van der Waals surface area contributed by atoms with Gasteiger partial charge in [-0.2, -0.15) is 0 Å². The van der Waals surface area contributed by atoms with Crippen LogP contribution in [-0.2, 0) is 0 Å². The zero-order valence-electron chi connectivity index (χ0n) is 13.9. The van der Waals surface area contributed by atoms with E-state index in [1.54, 1.807) is 6.20 Å². The first-order valence-electron chi connectivity index (χ1n) is 8.50. The minimum Gasteiger partial charge on any atom is -0.357 e. The van der Waals surface area contributed by atoms with Gasteiger partial charge in [-0.1, -0.05) is 12.8 Å². The van der Waals surface area contributed by atoms with Gasteiger partial charge in [0.1, 0.15) is 5.82 Å². The van der Waals surface area contributed by atoms with Crippen molar-refractivity contribution in [3.05, 3.63) is 23.9 Å². The van der Waals surface area contributed by atoms with E-state index < -0.39 is 0 Å². The first-order chi connectivity index (χ1) is 10.8. The zero-order valence-corrected chi connectivity index (χ0v) is 15.6. The highest BCUT2D eigenvalue weighted by molar-refractivity contribution is 5.94. The van der Waals surface area contributed by atoms with E-state index in [1.165, 1.54) is 38.5 Å². The second-order valence-electron chi connectivity index (χ2n) is 6.46. The van der Waals surface area contributed by atoms with Crippen LogP contribution in [0.4, 0.5) is 5.82 Å². The molecule has 136 valence electrons. The number of hydrogen-bond acceptors (Lipinski definition) is 4. The number of anilines is 1. The van der Waals surface area contributed by atoms with E-state index in [2.05, 4.69) is 15.2 Å². The lowest BCUT2D eigenvalue weighted by Gasteiger charge is -2.21. The predicted octanol–water partition coefficient (Wildman–Crippen LogP) is 2.77. The number of aromatic nitrogens is 1. The summed E-state index contributed by atoms with van der Waals surface area (Å²) in [5.74, 6) is 1.49. The van der Waals surface area contributed by atoms with Crippen molar-refractivity contribution < 1.29 is 4.79 Å². The van der Waals surface area contributed by atoms with Gasteiger partial charge in [-0.25, -0.2) is 4.98 Å². The van der Waals surface area contributed by atoms with Crippen LogP contribution in [0.15, 0.2) is 18.3 Å². The maximum atomic E-state index is 12.3. The molecule has 1 aliphatic carbocycles. The number of nitrogens with one attached hydrogen (secondary N) is 1. The summed E-state index contributed by atoms with van der Waals surface area (Å²) in [5.41, 5.74) is 6.36. The summed E-state index contributed by atoms with van der Waals surface area (Å²) in [5, 5.41) is 3.04. The number of carbonyl (C=O) groups is 1. The lowest BCUT2D eigenvalue weighted by Crippen LogP contribution is -2.41. The molecule has 5 nitrogen and oxygen atoms in total. The second kappa shape index (κ2) is 10.1. The van der Waals surface area contributed by atoms with Gasteiger partial charge >= 0.3 is 0 Å². The largest absolute Gasteiger partial charge is 0.357 e. The maximum Gasteiger partial charge on any atom is 0.253 e. The summed E-state index contributed by atoms with van der Waals surface area (Å²) in [7, 11) is 0. The van der Waals surface area contributed by atoms with E-state index in [9.17, 15) is 4.79 Å². The Bertz CT molecular complexity index is 500. The molecule has 1 saturated heterocycles. The minimum absolute atomic E-state index is 0. The van der Waals surface area contributed by atoms with Crippen LogP contribution in [-0.4, -0.2) is 36.6 Å². The molecule has 7 heteroatoms. The van der Waals surface area contributed by atoms with Crippen molar-refractivity contribution in [3.8, 4) is 0 Å². The molecule has 2 aliphatic rings. The monoisotopic (exact) mass is 374 g/mol. The lowest BCUT2D eigenvalue weighted by molar-refractivity contribution is 0.0933. The lowest BCUT2D eigenvalue weighted by atomic mass is 10.1. The van der Waals surface area contributed by atoms with Gasteiger partial charge in [0.15, 0.2) is 0 Å². The van der Waals surface area contributed by atoms with E-state index in [4.69, 9.17) is 5.73 Å². The SMILES string of the molecule is Cl.Cl.NCC(NC(=O)c1ccc(N2CCCCCC2)nc1)C1CC1. The first-order valence-corrected chi connectivity index (χ1v) is 8.50. The first kappa shape index (κ1) is 21.0. The van der Waals surface area contributed by atoms with Crippen molar-refractivity contribution >= 4 is 36.5 Å². The smallest absolute Gasteiger partial charge is 0.253 e. The van der Waals surface area contributed by atoms with Crippen molar-refractivity contribution in [3.63, 3.8) is 0 Å². The quantitative estimate of drug-likeness (QED) is 0.830. The van der Waals surface area contributed by atoms with E-state index in [1.807, 2.05) is 12.1 Å². The summed E-state index contributed by atoms with van der Waals surface area (Å²) >= 11 is 0. The number of carbonyl (C=O) groups excluding carboxylic acids is 1. The average molecular weight is 375 g/mol. The van der Waals surface area contributed by atoms with Crippen LogP contribution in [0, 0.1) is 5.92 Å². The topological polar surface area (TPSA) is 71.2 Å². The van der Waals surface area contributed by atoms with Crippen molar-refractivity contribution in [1.29, 1.82) is 0 Å². The molecule has 2 heterocycles. The van der Waals surface area contributed by atoms with Crippen molar-refractivity contribution in [2.45, 2.75) is 44.6 Å². The van der Waals surface area contributed by atoms with Crippen LogP contribution in [0.1, 0.15) is 48.9 Å². The van der Waals surface area contributed by atoms with Crippen LogP contribution < -0.4 is 16.0 Å². The fraction of sp³-hybridized carbons (Fsp3) is 0.647. The Morgan fingerprint density at radius 3 is 2.38 bits per heavy atom. The summed E-state index contributed by atoms with van der Waals surface area (Å²) in [6, 6.07) is 3.95. The molecular formula is C17H28Cl2N4O. The molecule has 0 aromatic carbocycles. The van der Waals surface area contributed by atoms with Crippen LogP contribution in [0.5, 0.6) is 0 Å². The van der Waals surface area contributed by atoms with Crippen LogP contribution in [0.25, 0.3) is 0 Å². The summed E-state index contributed by atoms with van der Waals surface area (Å²) < 4.78 is 0. The van der Waals surface area contributed by atoms with Crippen LogP contribution in [0.3, 0.4) is 0 Å². The molecule has 3 rings (SSSR count). The van der Waals surface area contributed by atoms with Crippen molar-refractivity contribution in [2.75, 3.05) is 24.5 Å². The Morgan fingerprint density at radius 2 is 1.88 bits per heavy atom. The van der Waals surface area contributed by atoms with Gasteiger partial charge < -0.3 is 16.0 Å². The molecule has 1 aromatic heterocycles. The number of pyridine rings is 1. The molecule has 1 aromatic rings. The second-order valence-corrected chi connectivity index (χ2v) is 6.46. The molecule has 1 atom stereocenters. The fourth-order valence-corrected chi connectivity index (χ4v) is 3.13. The van der Waals surface area contributed by atoms with E-state index >= 15 is 0 Å². The molecule has 1 saturated carbocycles. The number of halogens is 2. The summed E-state index contributed by atoms with van der Waals surface area (Å²) in [6.45, 7) is 2.64. The minimum atomic E-state index is -0.0581. The number of hydrogen-bond donors (Lipinski definition) is 2. The summed E-state index contributed by atoms with van der Waals surface area (Å²) in [4.78, 5) is 19.1. The van der Waals surface area contributed by atoms with Gasteiger partial charge in [0.2, 0.25) is 0 Å². The Balaban J connectivity index is 0.00000144. The Labute approximate surface area is 156 Å². The van der Waals surface area contributed by atoms with Gasteiger partial charge in [0.05, 0.1) is 5.56 Å². The molecule has 1 unspecified atom stereocenters. The van der Waals surface area contributed by atoms with E-state index in [0.29, 0.717) is 18.0 Å². The Kier molecular flexibility index (Phi) is 8.81. The van der Waals surface area contributed by atoms with Crippen LogP contribution in [0.2, 0.25) is 0 Å². The summed E-state index contributed by atoms with van der Waals surface area (Å²) in [6.07, 6.45) is 9.10.